The number of carbonyl (C=O) groups excluding carboxylic acids is 2. The van der Waals surface area contributed by atoms with Crippen molar-refractivity contribution in [1.29, 1.82) is 0 Å². The first-order chi connectivity index (χ1) is 11.1. The molecule has 7 heteroatoms. The van der Waals surface area contributed by atoms with Gasteiger partial charge in [-0.25, -0.2) is 9.59 Å². The molecule has 1 atom stereocenters. The van der Waals surface area contributed by atoms with E-state index >= 15 is 0 Å². The van der Waals surface area contributed by atoms with Crippen LogP contribution in [-0.2, 0) is 9.47 Å². The van der Waals surface area contributed by atoms with Gasteiger partial charge in [-0.05, 0) is 61.8 Å². The van der Waals surface area contributed by atoms with Crippen LogP contribution >= 0.6 is 0 Å². The smallest absolute Gasteiger partial charge is 0.410 e. The van der Waals surface area contributed by atoms with Crippen LogP contribution in [0.25, 0.3) is 0 Å². The Morgan fingerprint density at radius 2 is 1.40 bits per heavy atom. The summed E-state index contributed by atoms with van der Waals surface area (Å²) in [5, 5.41) is 10.2. The van der Waals surface area contributed by atoms with Gasteiger partial charge in [0.05, 0.1) is 11.6 Å². The second kappa shape index (κ2) is 7.40. The van der Waals surface area contributed by atoms with E-state index in [1.54, 1.807) is 23.6 Å². The van der Waals surface area contributed by atoms with Crippen LogP contribution in [0.15, 0.2) is 0 Å². The second-order valence-electron chi connectivity index (χ2n) is 9.27. The average molecular weight is 358 g/mol. The lowest BCUT2D eigenvalue weighted by molar-refractivity contribution is -0.0317. The van der Waals surface area contributed by atoms with Gasteiger partial charge in [-0.15, -0.1) is 0 Å². The van der Waals surface area contributed by atoms with Crippen LogP contribution in [-0.4, -0.2) is 69.6 Å². The van der Waals surface area contributed by atoms with Crippen LogP contribution < -0.4 is 0 Å². The Morgan fingerprint density at radius 1 is 0.920 bits per heavy atom. The van der Waals surface area contributed by atoms with Gasteiger partial charge >= 0.3 is 12.2 Å². The largest absolute Gasteiger partial charge is 0.444 e. The van der Waals surface area contributed by atoms with Crippen LogP contribution in [0.1, 0.15) is 61.8 Å². The van der Waals surface area contributed by atoms with Crippen molar-refractivity contribution in [1.82, 2.24) is 9.80 Å². The fourth-order valence-corrected chi connectivity index (χ4v) is 2.66. The quantitative estimate of drug-likeness (QED) is 0.821. The number of aliphatic hydroxyl groups is 1. The number of amides is 2. The fourth-order valence-electron chi connectivity index (χ4n) is 2.66. The maximum absolute atomic E-state index is 12.5. The molecule has 0 aromatic rings. The normalized spacial score (nSPS) is 19.6. The number of carbonyl (C=O) groups is 2. The van der Waals surface area contributed by atoms with Crippen molar-refractivity contribution in [2.45, 2.75) is 84.7 Å². The molecule has 1 heterocycles. The number of hydrogen-bond acceptors (Lipinski definition) is 5. The third kappa shape index (κ3) is 7.94. The lowest BCUT2D eigenvalue weighted by Gasteiger charge is -2.43. The zero-order chi connectivity index (χ0) is 19.6. The minimum absolute atomic E-state index is 0.304. The van der Waals surface area contributed by atoms with Crippen molar-refractivity contribution in [2.24, 2.45) is 0 Å². The Labute approximate surface area is 151 Å². The van der Waals surface area contributed by atoms with Gasteiger partial charge in [0.1, 0.15) is 11.2 Å². The molecule has 0 aromatic heterocycles. The molecule has 1 saturated heterocycles. The first-order valence-corrected chi connectivity index (χ1v) is 8.77. The Bertz CT molecular complexity index is 485. The molecule has 1 aliphatic heterocycles. The molecule has 1 fully saturated rings. The molecule has 1 unspecified atom stereocenters. The van der Waals surface area contributed by atoms with Gasteiger partial charge in [-0.1, -0.05) is 0 Å². The molecule has 1 rings (SSSR count). The van der Waals surface area contributed by atoms with E-state index in [9.17, 15) is 14.7 Å². The molecule has 146 valence electrons. The average Bonchev–Trinajstić information content (AvgIpc) is 2.32. The van der Waals surface area contributed by atoms with Gasteiger partial charge in [-0.2, -0.15) is 0 Å². The molecule has 25 heavy (non-hydrogen) atoms. The van der Waals surface area contributed by atoms with E-state index in [1.165, 1.54) is 0 Å². The van der Waals surface area contributed by atoms with Gasteiger partial charge < -0.3 is 24.4 Å². The van der Waals surface area contributed by atoms with E-state index < -0.39 is 29.0 Å². The molecule has 0 bridgehead atoms. The van der Waals surface area contributed by atoms with Gasteiger partial charge in [0.2, 0.25) is 0 Å². The zero-order valence-electron chi connectivity index (χ0n) is 16.9. The van der Waals surface area contributed by atoms with Crippen molar-refractivity contribution >= 4 is 12.2 Å². The maximum Gasteiger partial charge on any atom is 0.410 e. The molecule has 0 spiro atoms. The Balaban J connectivity index is 2.88. The van der Waals surface area contributed by atoms with E-state index in [0.717, 1.165) is 0 Å². The Morgan fingerprint density at radius 3 is 1.84 bits per heavy atom. The highest BCUT2D eigenvalue weighted by Gasteiger charge is 2.38. The van der Waals surface area contributed by atoms with E-state index in [-0.39, 0.29) is 6.04 Å². The summed E-state index contributed by atoms with van der Waals surface area (Å²) in [6, 6.07) is -0.337. The number of hydrogen-bond donors (Lipinski definition) is 1. The first kappa shape index (κ1) is 21.5. The van der Waals surface area contributed by atoms with Crippen LogP contribution in [0, 0.1) is 0 Å². The predicted molar refractivity (Wildman–Crippen MR) is 95.4 cm³/mol. The van der Waals surface area contributed by atoms with Gasteiger partial charge in [0.25, 0.3) is 0 Å². The highest BCUT2D eigenvalue weighted by molar-refractivity contribution is 5.71. The lowest BCUT2D eigenvalue weighted by atomic mass is 9.96. The molecule has 1 N–H and O–H groups in total. The van der Waals surface area contributed by atoms with Crippen molar-refractivity contribution in [3.05, 3.63) is 0 Å². The minimum atomic E-state index is -0.970. The Kier molecular flexibility index (Phi) is 6.37. The summed E-state index contributed by atoms with van der Waals surface area (Å²) < 4.78 is 10.9. The summed E-state index contributed by atoms with van der Waals surface area (Å²) in [5.41, 5.74) is -2.15. The van der Waals surface area contributed by atoms with Crippen molar-refractivity contribution < 1.29 is 24.2 Å². The SMILES string of the molecule is CC(C)(O)CC1CN(C(=O)OC(C)(C)C)CCN1C(=O)OC(C)(C)C. The summed E-state index contributed by atoms with van der Waals surface area (Å²) >= 11 is 0. The van der Waals surface area contributed by atoms with Crippen LogP contribution in [0.5, 0.6) is 0 Å². The van der Waals surface area contributed by atoms with E-state index in [1.807, 2.05) is 41.5 Å². The van der Waals surface area contributed by atoms with Crippen LogP contribution in [0.2, 0.25) is 0 Å². The standard InChI is InChI=1S/C18H34N2O5/c1-16(2,3)24-14(21)19-9-10-20(15(22)25-17(4,5)6)13(12-19)11-18(7,8)23/h13,23H,9-12H2,1-8H3. The van der Waals surface area contributed by atoms with Gasteiger partial charge in [-0.3, -0.25) is 0 Å². The number of nitrogens with zero attached hydrogens (tertiary/aromatic N) is 2. The first-order valence-electron chi connectivity index (χ1n) is 8.77. The zero-order valence-corrected chi connectivity index (χ0v) is 16.9. The Hall–Kier alpha value is -1.50. The van der Waals surface area contributed by atoms with Crippen LogP contribution in [0.4, 0.5) is 9.59 Å². The fraction of sp³-hybridized carbons (Fsp3) is 0.889. The monoisotopic (exact) mass is 358 g/mol. The third-order valence-electron chi connectivity index (χ3n) is 3.50. The highest BCUT2D eigenvalue weighted by atomic mass is 16.6. The number of rotatable bonds is 2. The molecule has 0 saturated carbocycles. The number of piperazine rings is 1. The van der Waals surface area contributed by atoms with Crippen LogP contribution in [0.3, 0.4) is 0 Å². The summed E-state index contributed by atoms with van der Waals surface area (Å²) in [5.74, 6) is 0. The summed E-state index contributed by atoms with van der Waals surface area (Å²) in [6.45, 7) is 15.3. The summed E-state index contributed by atoms with van der Waals surface area (Å²) in [6.07, 6.45) is -0.492. The van der Waals surface area contributed by atoms with E-state index in [4.69, 9.17) is 9.47 Å². The molecular weight excluding hydrogens is 324 g/mol. The molecule has 7 nitrogen and oxygen atoms in total. The lowest BCUT2D eigenvalue weighted by Crippen LogP contribution is -2.59. The molecule has 0 aliphatic carbocycles. The number of ether oxygens (including phenoxy) is 2. The van der Waals surface area contributed by atoms with E-state index in [0.29, 0.717) is 26.1 Å². The molecule has 0 radical (unpaired) electrons. The topological polar surface area (TPSA) is 79.3 Å². The van der Waals surface area contributed by atoms with E-state index in [2.05, 4.69) is 0 Å². The summed E-state index contributed by atoms with van der Waals surface area (Å²) in [4.78, 5) is 28.0. The van der Waals surface area contributed by atoms with Crippen molar-refractivity contribution in [3.63, 3.8) is 0 Å². The van der Waals surface area contributed by atoms with Gasteiger partial charge in [0.15, 0.2) is 0 Å². The summed E-state index contributed by atoms with van der Waals surface area (Å²) in [7, 11) is 0. The molecule has 1 aliphatic rings. The molecule has 0 aromatic carbocycles. The highest BCUT2D eigenvalue weighted by Crippen LogP contribution is 2.23. The molecule has 2 amide bonds. The molecular formula is C18H34N2O5. The van der Waals surface area contributed by atoms with Gasteiger partial charge in [0, 0.05) is 19.6 Å². The van der Waals surface area contributed by atoms with Crippen molar-refractivity contribution in [2.75, 3.05) is 19.6 Å². The maximum atomic E-state index is 12.5. The van der Waals surface area contributed by atoms with Crippen molar-refractivity contribution in [3.8, 4) is 0 Å². The third-order valence-corrected chi connectivity index (χ3v) is 3.50. The second-order valence-corrected chi connectivity index (χ2v) is 9.27. The predicted octanol–water partition coefficient (Wildman–Crippen LogP) is 3.00. The minimum Gasteiger partial charge on any atom is -0.444 e.